The highest BCUT2D eigenvalue weighted by molar-refractivity contribution is 6.10. The summed E-state index contributed by atoms with van der Waals surface area (Å²) in [5.41, 5.74) is 16.4. The highest BCUT2D eigenvalue weighted by Gasteiger charge is 2.51. The van der Waals surface area contributed by atoms with Gasteiger partial charge in [-0.05, 0) is 107 Å². The molecule has 5 heteroatoms. The second-order valence-corrected chi connectivity index (χ2v) is 15.7. The van der Waals surface area contributed by atoms with E-state index in [0.717, 1.165) is 39.8 Å². The monoisotopic (exact) mass is 753 g/mol. The Kier molecular flexibility index (Phi) is 6.64. The van der Waals surface area contributed by atoms with E-state index >= 15 is 0 Å². The van der Waals surface area contributed by atoms with Crippen molar-refractivity contribution in [2.45, 2.75) is 11.8 Å². The van der Waals surface area contributed by atoms with Gasteiger partial charge in [0.2, 0.25) is 0 Å². The molecule has 5 heterocycles. The lowest BCUT2D eigenvalue weighted by Gasteiger charge is -2.49. The number of benzene rings is 7. The lowest BCUT2D eigenvalue weighted by atomic mass is 9.59. The van der Waals surface area contributed by atoms with E-state index in [1.165, 1.54) is 65.9 Å². The van der Waals surface area contributed by atoms with Gasteiger partial charge in [-0.15, -0.1) is 0 Å². The number of para-hydroxylation sites is 5. The molecule has 0 atom stereocenters. The third kappa shape index (κ3) is 4.33. The number of hydrogen-bond acceptors (Lipinski definition) is 3. The molecule has 5 nitrogen and oxygen atoms in total. The van der Waals surface area contributed by atoms with Crippen LogP contribution in [-0.4, -0.2) is 19.1 Å². The first kappa shape index (κ1) is 32.3. The fraction of sp³-hybridized carbons (Fsp3) is 0.0370. The molecule has 0 saturated heterocycles. The molecular formula is C54H35N5. The fourth-order valence-corrected chi connectivity index (χ4v) is 10.6. The number of rotatable bonds is 3. The maximum Gasteiger partial charge on any atom is 0.0779 e. The van der Waals surface area contributed by atoms with Crippen molar-refractivity contribution >= 4 is 60.7 Å². The topological polar surface area (TPSA) is 38.9 Å². The van der Waals surface area contributed by atoms with E-state index in [9.17, 15) is 0 Å². The van der Waals surface area contributed by atoms with Gasteiger partial charge in [0, 0.05) is 57.4 Å². The van der Waals surface area contributed by atoms with Crippen molar-refractivity contribution in [1.82, 2.24) is 19.1 Å². The maximum atomic E-state index is 5.14. The lowest BCUT2D eigenvalue weighted by Crippen LogP contribution is -2.41. The van der Waals surface area contributed by atoms with E-state index in [1.54, 1.807) is 0 Å². The predicted octanol–water partition coefficient (Wildman–Crippen LogP) is 12.7. The number of fused-ring (bicyclic) bond motifs is 14. The molecule has 1 aliphatic heterocycles. The third-order valence-corrected chi connectivity index (χ3v) is 12.9. The number of hydrogen-bond donors (Lipinski definition) is 0. The molecule has 2 aliphatic rings. The molecule has 276 valence electrons. The van der Waals surface area contributed by atoms with Crippen LogP contribution in [0.5, 0.6) is 0 Å². The van der Waals surface area contributed by atoms with E-state index in [1.807, 2.05) is 12.4 Å². The summed E-state index contributed by atoms with van der Waals surface area (Å²) in [5, 5.41) is 4.96. The van der Waals surface area contributed by atoms with Gasteiger partial charge in [-0.3, -0.25) is 9.97 Å². The van der Waals surface area contributed by atoms with Crippen molar-refractivity contribution in [3.8, 4) is 11.4 Å². The summed E-state index contributed by atoms with van der Waals surface area (Å²) in [6.45, 7) is 0. The Bertz CT molecular complexity index is 3180. The Morgan fingerprint density at radius 2 is 0.763 bits per heavy atom. The van der Waals surface area contributed by atoms with Crippen LogP contribution in [0.1, 0.15) is 33.6 Å². The molecule has 7 aromatic carbocycles. The van der Waals surface area contributed by atoms with Crippen LogP contribution >= 0.6 is 0 Å². The molecule has 0 saturated carbocycles. The summed E-state index contributed by atoms with van der Waals surface area (Å²) in [6, 6.07) is 68.9. The highest BCUT2D eigenvalue weighted by atomic mass is 15.2. The van der Waals surface area contributed by atoms with E-state index in [0.29, 0.717) is 6.42 Å². The van der Waals surface area contributed by atoms with Crippen molar-refractivity contribution in [1.29, 1.82) is 0 Å². The quantitative estimate of drug-likeness (QED) is 0.180. The summed E-state index contributed by atoms with van der Waals surface area (Å²) < 4.78 is 4.87. The predicted molar refractivity (Wildman–Crippen MR) is 240 cm³/mol. The van der Waals surface area contributed by atoms with E-state index in [4.69, 9.17) is 9.97 Å². The average Bonchev–Trinajstić information content (AvgIpc) is 3.82. The molecule has 0 unspecified atom stereocenters. The van der Waals surface area contributed by atoms with Crippen LogP contribution in [0, 0.1) is 0 Å². The van der Waals surface area contributed by atoms with Crippen molar-refractivity contribution in [3.63, 3.8) is 0 Å². The van der Waals surface area contributed by atoms with Crippen LogP contribution < -0.4 is 4.90 Å². The molecular weight excluding hydrogens is 719 g/mol. The van der Waals surface area contributed by atoms with Gasteiger partial charge in [-0.2, -0.15) is 0 Å². The summed E-state index contributed by atoms with van der Waals surface area (Å²) in [5.74, 6) is 0. The van der Waals surface area contributed by atoms with Crippen LogP contribution in [0.4, 0.5) is 17.1 Å². The summed E-state index contributed by atoms with van der Waals surface area (Å²) in [6.07, 6.45) is 4.54. The molecule has 13 rings (SSSR count). The summed E-state index contributed by atoms with van der Waals surface area (Å²) in [4.78, 5) is 12.7. The SMILES string of the molecule is c1ccc(N2c3ccc(-n4c5ccccc5c5ccccc54)cc3C3(c4cc(-n5c6ccccc6c6ccccc65)ccc42)c2cccnc2Cc2ncccc23)cc1. The number of pyridine rings is 2. The van der Waals surface area contributed by atoms with Gasteiger partial charge in [-0.1, -0.05) is 103 Å². The fourth-order valence-electron chi connectivity index (χ4n) is 10.6. The number of nitrogens with zero attached hydrogens (tertiary/aromatic N) is 5. The van der Waals surface area contributed by atoms with Crippen LogP contribution in [0.25, 0.3) is 55.0 Å². The molecule has 0 radical (unpaired) electrons. The van der Waals surface area contributed by atoms with Crippen LogP contribution in [0.15, 0.2) is 200 Å². The number of anilines is 3. The van der Waals surface area contributed by atoms with Gasteiger partial charge in [0.1, 0.15) is 0 Å². The minimum atomic E-state index is -0.759. The van der Waals surface area contributed by atoms with Crippen molar-refractivity contribution in [2.24, 2.45) is 0 Å². The Labute approximate surface area is 340 Å². The minimum Gasteiger partial charge on any atom is -0.310 e. The Morgan fingerprint density at radius 3 is 1.20 bits per heavy atom. The normalized spacial score (nSPS) is 13.8. The molecule has 0 fully saturated rings. The van der Waals surface area contributed by atoms with E-state index in [2.05, 4.69) is 202 Å². The molecule has 11 aromatic rings. The zero-order chi connectivity index (χ0) is 38.7. The van der Waals surface area contributed by atoms with Gasteiger partial charge in [0.05, 0.1) is 50.2 Å². The molecule has 0 N–H and O–H groups in total. The maximum absolute atomic E-state index is 5.14. The number of aromatic nitrogens is 4. The second-order valence-electron chi connectivity index (χ2n) is 15.7. The molecule has 0 amide bonds. The zero-order valence-electron chi connectivity index (χ0n) is 32.0. The Hall–Kier alpha value is -7.76. The summed E-state index contributed by atoms with van der Waals surface area (Å²) in [7, 11) is 0. The summed E-state index contributed by atoms with van der Waals surface area (Å²) >= 11 is 0. The lowest BCUT2D eigenvalue weighted by molar-refractivity contribution is 0.670. The van der Waals surface area contributed by atoms with Gasteiger partial charge in [0.15, 0.2) is 0 Å². The average molecular weight is 754 g/mol. The molecule has 1 aliphatic carbocycles. The van der Waals surface area contributed by atoms with Crippen LogP contribution in [0.2, 0.25) is 0 Å². The third-order valence-electron chi connectivity index (χ3n) is 12.9. The molecule has 4 aromatic heterocycles. The Morgan fingerprint density at radius 1 is 0.356 bits per heavy atom. The van der Waals surface area contributed by atoms with Gasteiger partial charge < -0.3 is 14.0 Å². The largest absolute Gasteiger partial charge is 0.310 e. The zero-order valence-corrected chi connectivity index (χ0v) is 32.0. The molecule has 1 spiro atoms. The van der Waals surface area contributed by atoms with Gasteiger partial charge in [-0.25, -0.2) is 0 Å². The van der Waals surface area contributed by atoms with Crippen LogP contribution in [-0.2, 0) is 11.8 Å². The van der Waals surface area contributed by atoms with Crippen molar-refractivity contribution < 1.29 is 0 Å². The minimum absolute atomic E-state index is 0.667. The molecule has 0 bridgehead atoms. The smallest absolute Gasteiger partial charge is 0.0779 e. The second kappa shape index (κ2) is 12.1. The Balaban J connectivity index is 1.20. The van der Waals surface area contributed by atoms with Crippen molar-refractivity contribution in [3.05, 3.63) is 234 Å². The van der Waals surface area contributed by atoms with Crippen LogP contribution in [0.3, 0.4) is 0 Å². The van der Waals surface area contributed by atoms with Crippen molar-refractivity contribution in [2.75, 3.05) is 4.90 Å². The van der Waals surface area contributed by atoms with Gasteiger partial charge >= 0.3 is 0 Å². The first-order valence-electron chi connectivity index (χ1n) is 20.3. The van der Waals surface area contributed by atoms with E-state index in [-0.39, 0.29) is 0 Å². The first-order valence-corrected chi connectivity index (χ1v) is 20.3. The highest BCUT2D eigenvalue weighted by Crippen LogP contribution is 2.60. The molecule has 59 heavy (non-hydrogen) atoms. The van der Waals surface area contributed by atoms with Gasteiger partial charge in [0.25, 0.3) is 0 Å². The van der Waals surface area contributed by atoms with E-state index < -0.39 is 5.41 Å². The first-order chi connectivity index (χ1) is 29.3. The standard InChI is InChI=1S/C54H35N5/c1-2-14-35(15-3-1)57-52-28-26-36(58-48-22-8-4-16-38(48)39-17-5-9-23-49(39)58)32-44(52)54(42-20-12-30-55-46(42)34-47-43(54)21-13-31-56-47)45-33-37(27-29-53(45)57)59-50-24-10-6-18-40(50)41-19-7-11-25-51(41)59/h1-33H,34H2.